The molecule has 1 fully saturated rings. The van der Waals surface area contributed by atoms with Gasteiger partial charge in [-0.15, -0.1) is 0 Å². The van der Waals surface area contributed by atoms with Crippen LogP contribution in [0, 0.1) is 29.3 Å². The second-order valence-corrected chi connectivity index (χ2v) is 11.0. The van der Waals surface area contributed by atoms with Crippen LogP contribution >= 0.6 is 0 Å². The number of hydrogen-bond donors (Lipinski definition) is 1. The summed E-state index contributed by atoms with van der Waals surface area (Å²) < 4.78 is 42.2. The van der Waals surface area contributed by atoms with Crippen molar-refractivity contribution in [2.24, 2.45) is 16.8 Å². The van der Waals surface area contributed by atoms with Crippen LogP contribution in [0.3, 0.4) is 0 Å². The number of carbonyl (C=O) groups is 1. The highest BCUT2D eigenvalue weighted by Crippen LogP contribution is 2.34. The van der Waals surface area contributed by atoms with Crippen LogP contribution in [-0.4, -0.2) is 52.1 Å². The molecular weight excluding hydrogens is 503 g/mol. The van der Waals surface area contributed by atoms with Crippen LogP contribution in [0.25, 0.3) is 0 Å². The second kappa shape index (κ2) is 10.9. The van der Waals surface area contributed by atoms with E-state index in [1.807, 2.05) is 23.1 Å². The quantitative estimate of drug-likeness (QED) is 0.483. The highest BCUT2D eigenvalue weighted by atomic mass is 19.2. The van der Waals surface area contributed by atoms with Gasteiger partial charge in [-0.1, -0.05) is 51.1 Å². The summed E-state index contributed by atoms with van der Waals surface area (Å²) >= 11 is 0. The van der Waals surface area contributed by atoms with Gasteiger partial charge >= 0.3 is 0 Å². The van der Waals surface area contributed by atoms with Crippen molar-refractivity contribution in [2.75, 3.05) is 19.6 Å². The highest BCUT2D eigenvalue weighted by molar-refractivity contribution is 6.10. The van der Waals surface area contributed by atoms with E-state index in [2.05, 4.69) is 55.1 Å². The number of aliphatic imine (C=N–C) groups is 1. The lowest BCUT2D eigenvalue weighted by molar-refractivity contribution is -0.131. The predicted molar refractivity (Wildman–Crippen MR) is 145 cm³/mol. The molecule has 3 atom stereocenters. The number of benzene rings is 2. The number of fused-ring (bicyclic) bond motifs is 1. The Morgan fingerprint density at radius 1 is 1.13 bits per heavy atom. The van der Waals surface area contributed by atoms with Gasteiger partial charge in [-0.25, -0.2) is 28.6 Å². The van der Waals surface area contributed by atoms with Crippen molar-refractivity contribution >= 4 is 11.6 Å². The van der Waals surface area contributed by atoms with Gasteiger partial charge in [-0.3, -0.25) is 4.79 Å². The standard InChI is InChI=1S/C30H34F3N5O/c1-18(2)16-37(20(4)21-8-6-5-7-9-21)28-15-25(22-12-23(31)29(33)24(32)13-22)34-27-14-26(35-38(27)28)30(39)36-11-10-19(3)17-36/h5-9,12-15,18-20,26,35H,10-11,16-17H2,1-4H3/t19-,20-,26?/m0/s1. The summed E-state index contributed by atoms with van der Waals surface area (Å²) in [6, 6.07) is 11.2. The number of rotatable bonds is 7. The maximum atomic E-state index is 14.2. The first kappa shape index (κ1) is 27.0. The molecule has 39 heavy (non-hydrogen) atoms. The molecule has 1 N–H and O–H groups in total. The van der Waals surface area contributed by atoms with E-state index in [1.54, 1.807) is 17.2 Å². The van der Waals surface area contributed by atoms with Crippen molar-refractivity contribution in [2.45, 2.75) is 46.2 Å². The monoisotopic (exact) mass is 537 g/mol. The maximum absolute atomic E-state index is 14.2. The van der Waals surface area contributed by atoms with Crippen molar-refractivity contribution in [1.82, 2.24) is 20.2 Å². The van der Waals surface area contributed by atoms with Gasteiger partial charge in [0, 0.05) is 31.3 Å². The summed E-state index contributed by atoms with van der Waals surface area (Å²) in [4.78, 5) is 22.1. The van der Waals surface area contributed by atoms with Crippen LogP contribution in [0.4, 0.5) is 13.2 Å². The summed E-state index contributed by atoms with van der Waals surface area (Å²) in [5, 5.41) is 1.78. The lowest BCUT2D eigenvalue weighted by atomic mass is 10.0. The van der Waals surface area contributed by atoms with Crippen LogP contribution in [0.15, 0.2) is 71.3 Å². The normalized spacial score (nSPS) is 21.5. The van der Waals surface area contributed by atoms with Gasteiger partial charge in [0.05, 0.1) is 11.8 Å². The number of carbonyl (C=O) groups excluding carboxylic acids is 1. The molecular formula is C30H34F3N5O. The van der Waals surface area contributed by atoms with Crippen LogP contribution in [0.5, 0.6) is 0 Å². The minimum absolute atomic E-state index is 0.0391. The summed E-state index contributed by atoms with van der Waals surface area (Å²) in [6.45, 7) is 10.5. The van der Waals surface area contributed by atoms with Gasteiger partial charge in [0.1, 0.15) is 17.7 Å². The largest absolute Gasteiger partial charge is 0.350 e. The lowest BCUT2D eigenvalue weighted by Crippen LogP contribution is -2.50. The third kappa shape index (κ3) is 5.45. The van der Waals surface area contributed by atoms with E-state index in [0.717, 1.165) is 24.1 Å². The highest BCUT2D eigenvalue weighted by Gasteiger charge is 2.38. The molecule has 1 unspecified atom stereocenters. The molecule has 5 rings (SSSR count). The minimum atomic E-state index is -1.52. The Bertz CT molecular complexity index is 1320. The Labute approximate surface area is 227 Å². The molecule has 2 aromatic rings. The lowest BCUT2D eigenvalue weighted by Gasteiger charge is -2.41. The number of nitrogens with one attached hydrogen (secondary N) is 1. The molecule has 6 nitrogen and oxygen atoms in total. The van der Waals surface area contributed by atoms with E-state index in [1.165, 1.54) is 0 Å². The molecule has 1 amide bonds. The molecule has 3 aliphatic heterocycles. The van der Waals surface area contributed by atoms with Crippen molar-refractivity contribution in [1.29, 1.82) is 0 Å². The van der Waals surface area contributed by atoms with E-state index in [-0.39, 0.29) is 29.1 Å². The number of hydrazine groups is 1. The molecule has 206 valence electrons. The van der Waals surface area contributed by atoms with Crippen molar-refractivity contribution in [3.8, 4) is 0 Å². The van der Waals surface area contributed by atoms with E-state index < -0.39 is 23.5 Å². The zero-order chi connectivity index (χ0) is 27.8. The van der Waals surface area contributed by atoms with Crippen LogP contribution in [0.2, 0.25) is 0 Å². The van der Waals surface area contributed by atoms with Crippen molar-refractivity contribution in [3.63, 3.8) is 0 Å². The molecule has 0 aromatic heterocycles. The number of likely N-dealkylation sites (tertiary alicyclic amines) is 1. The van der Waals surface area contributed by atoms with E-state index in [9.17, 15) is 18.0 Å². The molecule has 1 saturated heterocycles. The zero-order valence-electron chi connectivity index (χ0n) is 22.7. The Morgan fingerprint density at radius 2 is 1.82 bits per heavy atom. The number of hydrogen-bond acceptors (Lipinski definition) is 5. The van der Waals surface area contributed by atoms with Crippen LogP contribution < -0.4 is 5.43 Å². The minimum Gasteiger partial charge on any atom is -0.350 e. The molecule has 3 aliphatic rings. The van der Waals surface area contributed by atoms with Crippen LogP contribution in [-0.2, 0) is 4.79 Å². The Kier molecular flexibility index (Phi) is 7.53. The number of amides is 1. The average Bonchev–Trinajstić information content (AvgIpc) is 3.55. The Morgan fingerprint density at radius 3 is 2.44 bits per heavy atom. The van der Waals surface area contributed by atoms with E-state index in [0.29, 0.717) is 37.2 Å². The third-order valence-electron chi connectivity index (χ3n) is 7.43. The topological polar surface area (TPSA) is 51.2 Å². The van der Waals surface area contributed by atoms with Gasteiger partial charge < -0.3 is 9.80 Å². The molecule has 9 heteroatoms. The molecule has 0 radical (unpaired) electrons. The first-order valence-electron chi connectivity index (χ1n) is 13.5. The summed E-state index contributed by atoms with van der Waals surface area (Å²) in [5.74, 6) is -2.26. The first-order valence-corrected chi connectivity index (χ1v) is 13.5. The number of allylic oxidation sites excluding steroid dienone is 1. The predicted octanol–water partition coefficient (Wildman–Crippen LogP) is 5.37. The second-order valence-electron chi connectivity index (χ2n) is 11.0. The van der Waals surface area contributed by atoms with E-state index in [4.69, 9.17) is 0 Å². The Balaban J connectivity index is 1.58. The third-order valence-corrected chi connectivity index (χ3v) is 7.43. The molecule has 3 heterocycles. The van der Waals surface area contributed by atoms with Gasteiger partial charge in [-0.05, 0) is 49.0 Å². The molecule has 0 aliphatic carbocycles. The maximum Gasteiger partial charge on any atom is 0.245 e. The van der Waals surface area contributed by atoms with E-state index >= 15 is 0 Å². The molecule has 0 spiro atoms. The summed E-state index contributed by atoms with van der Waals surface area (Å²) in [6.07, 6.45) is 4.45. The summed E-state index contributed by atoms with van der Waals surface area (Å²) in [7, 11) is 0. The van der Waals surface area contributed by atoms with Crippen molar-refractivity contribution < 1.29 is 18.0 Å². The Hall–Kier alpha value is -3.59. The molecule has 0 bridgehead atoms. The molecule has 2 aromatic carbocycles. The SMILES string of the molecule is CC(C)CN(C1=CC(c2cc(F)c(F)c(F)c2)=NC2=CC(C(=O)N3CC[C@H](C)C3)NN21)[C@@H](C)c1ccccc1. The average molecular weight is 538 g/mol. The van der Waals surface area contributed by atoms with Crippen LogP contribution in [0.1, 0.15) is 51.3 Å². The molecule has 0 saturated carbocycles. The van der Waals surface area contributed by atoms with Gasteiger partial charge in [0.2, 0.25) is 5.91 Å². The van der Waals surface area contributed by atoms with Gasteiger partial charge in [0.25, 0.3) is 0 Å². The zero-order valence-corrected chi connectivity index (χ0v) is 22.7. The summed E-state index contributed by atoms with van der Waals surface area (Å²) in [5.41, 5.74) is 4.81. The number of nitrogens with zero attached hydrogens (tertiary/aromatic N) is 4. The fourth-order valence-corrected chi connectivity index (χ4v) is 5.36. The number of halogens is 3. The fraction of sp³-hybridized carbons (Fsp3) is 0.400. The first-order chi connectivity index (χ1) is 18.6. The smallest absolute Gasteiger partial charge is 0.245 e. The van der Waals surface area contributed by atoms with Crippen molar-refractivity contribution in [3.05, 3.63) is 94.8 Å². The van der Waals surface area contributed by atoms with Gasteiger partial charge in [0.15, 0.2) is 17.5 Å². The fourth-order valence-electron chi connectivity index (χ4n) is 5.36. The van der Waals surface area contributed by atoms with Gasteiger partial charge in [-0.2, -0.15) is 0 Å².